The van der Waals surface area contributed by atoms with Crippen LogP contribution in [0.1, 0.15) is 27.5 Å². The smallest absolute Gasteiger partial charge is 0.361 e. The van der Waals surface area contributed by atoms with E-state index in [0.717, 1.165) is 11.3 Å². The Hall–Kier alpha value is -3.98. The van der Waals surface area contributed by atoms with Gasteiger partial charge < -0.3 is 19.1 Å². The molecule has 1 fully saturated rings. The third kappa shape index (κ3) is 5.16. The molecule has 4 aromatic rings. The first-order chi connectivity index (χ1) is 17.4. The van der Waals surface area contributed by atoms with E-state index in [4.69, 9.17) is 4.74 Å². The fourth-order valence-corrected chi connectivity index (χ4v) is 4.35. The van der Waals surface area contributed by atoms with Gasteiger partial charge in [-0.15, -0.1) is 16.4 Å². The third-order valence-electron chi connectivity index (χ3n) is 5.11. The summed E-state index contributed by atoms with van der Waals surface area (Å²) >= 11 is 1.18. The molecular weight excluding hydrogens is 501 g/mol. The molecule has 0 spiro atoms. The van der Waals surface area contributed by atoms with Crippen LogP contribution in [0, 0.1) is 0 Å². The lowest BCUT2D eigenvalue weighted by atomic mass is 10.2. The van der Waals surface area contributed by atoms with Crippen molar-refractivity contribution in [2.24, 2.45) is 0 Å². The van der Waals surface area contributed by atoms with Crippen LogP contribution in [-0.2, 0) is 17.5 Å². The summed E-state index contributed by atoms with van der Waals surface area (Å²) < 4.78 is 48.2. The highest BCUT2D eigenvalue weighted by Crippen LogP contribution is 2.33. The Morgan fingerprint density at radius 3 is 2.81 bits per heavy atom. The molecule has 0 aromatic carbocycles. The second-order valence-corrected chi connectivity index (χ2v) is 8.77. The molecule has 1 aliphatic rings. The number of rotatable bonds is 6. The summed E-state index contributed by atoms with van der Waals surface area (Å²) in [5.74, 6) is -1.04. The number of amides is 1. The monoisotopic (exact) mass is 518 g/mol. The molecule has 11 nitrogen and oxygen atoms in total. The fourth-order valence-electron chi connectivity index (χ4n) is 3.43. The highest BCUT2D eigenvalue weighted by atomic mass is 32.1. The largest absolute Gasteiger partial charge is 0.471 e. The Morgan fingerprint density at radius 2 is 2.08 bits per heavy atom. The number of nitrogens with zero attached hydrogens (tertiary/aromatic N) is 8. The molecule has 0 bridgehead atoms. The molecule has 1 aliphatic heterocycles. The van der Waals surface area contributed by atoms with Gasteiger partial charge >= 0.3 is 12.1 Å². The quantitative estimate of drug-likeness (QED) is 0.374. The van der Waals surface area contributed by atoms with Crippen LogP contribution in [0.4, 0.5) is 24.8 Å². The molecule has 186 valence electrons. The number of hydrogen-bond donors (Lipinski definition) is 0. The number of thiophene rings is 1. The Balaban J connectivity index is 1.42. The van der Waals surface area contributed by atoms with Crippen molar-refractivity contribution in [2.75, 3.05) is 24.8 Å². The van der Waals surface area contributed by atoms with Crippen LogP contribution in [0.3, 0.4) is 0 Å². The van der Waals surface area contributed by atoms with E-state index in [1.807, 2.05) is 0 Å². The van der Waals surface area contributed by atoms with Crippen molar-refractivity contribution in [2.45, 2.75) is 19.1 Å². The lowest BCUT2D eigenvalue weighted by molar-refractivity contribution is -0.159. The maximum absolute atomic E-state index is 12.9. The second kappa shape index (κ2) is 9.94. The van der Waals surface area contributed by atoms with Crippen molar-refractivity contribution < 1.29 is 27.2 Å². The van der Waals surface area contributed by atoms with Gasteiger partial charge in [0.25, 0.3) is 5.91 Å². The van der Waals surface area contributed by atoms with Gasteiger partial charge in [-0.05, 0) is 24.6 Å². The summed E-state index contributed by atoms with van der Waals surface area (Å²) in [5, 5.41) is 11.6. The van der Waals surface area contributed by atoms with Gasteiger partial charge in [0.15, 0.2) is 11.6 Å². The van der Waals surface area contributed by atoms with Gasteiger partial charge in [0.2, 0.25) is 5.82 Å². The predicted molar refractivity (Wildman–Crippen MR) is 119 cm³/mol. The molecule has 1 saturated heterocycles. The summed E-state index contributed by atoms with van der Waals surface area (Å²) in [7, 11) is 0. The van der Waals surface area contributed by atoms with Crippen molar-refractivity contribution in [1.29, 1.82) is 0 Å². The van der Waals surface area contributed by atoms with Crippen molar-refractivity contribution in [1.82, 2.24) is 35.2 Å². The zero-order valence-electron chi connectivity index (χ0n) is 18.4. The van der Waals surface area contributed by atoms with Crippen molar-refractivity contribution in [3.63, 3.8) is 0 Å². The number of halogens is 3. The van der Waals surface area contributed by atoms with Gasteiger partial charge in [-0.1, -0.05) is 5.16 Å². The molecule has 0 unspecified atom stereocenters. The third-order valence-corrected chi connectivity index (χ3v) is 6.17. The Kier molecular flexibility index (Phi) is 6.56. The first-order valence-electron chi connectivity index (χ1n) is 10.6. The average Bonchev–Trinajstić information content (AvgIpc) is 3.58. The lowest BCUT2D eigenvalue weighted by Crippen LogP contribution is -2.38. The van der Waals surface area contributed by atoms with E-state index in [1.54, 1.807) is 28.0 Å². The van der Waals surface area contributed by atoms with Crippen molar-refractivity contribution in [3.8, 4) is 10.7 Å². The molecule has 1 amide bonds. The molecule has 5 heterocycles. The summed E-state index contributed by atoms with van der Waals surface area (Å²) in [6.45, 7) is 1.60. The molecule has 0 N–H and O–H groups in total. The Morgan fingerprint density at radius 1 is 1.19 bits per heavy atom. The van der Waals surface area contributed by atoms with E-state index in [1.165, 1.54) is 36.1 Å². The minimum Gasteiger partial charge on any atom is -0.361 e. The van der Waals surface area contributed by atoms with Crippen molar-refractivity contribution in [3.05, 3.63) is 59.3 Å². The fraction of sp³-hybridized carbons (Fsp3) is 0.286. The van der Waals surface area contributed by atoms with Crippen LogP contribution in [0.2, 0.25) is 0 Å². The van der Waals surface area contributed by atoms with Gasteiger partial charge in [-0.3, -0.25) is 9.78 Å². The molecular formula is C21H17F3N8O3S. The standard InChI is InChI=1S/C21H17F3N8O3S/c22-21(23,24)20-28-18(30-35-20)15-3-2-14(36-15)11-32(17-10-25-4-5-26-17)16-8-13(9-27-29-16)19(33)31-6-1-7-34-12-31/h2-5,8-10H,1,6-7,11-12H2. The minimum atomic E-state index is -4.73. The van der Waals surface area contributed by atoms with Crippen LogP contribution >= 0.6 is 11.3 Å². The topological polar surface area (TPSA) is 123 Å². The first kappa shape index (κ1) is 23.7. The van der Waals surface area contributed by atoms with Gasteiger partial charge in [0.05, 0.1) is 36.0 Å². The predicted octanol–water partition coefficient (Wildman–Crippen LogP) is 3.56. The van der Waals surface area contributed by atoms with Crippen LogP contribution in [0.25, 0.3) is 10.7 Å². The number of carbonyl (C=O) groups is 1. The average molecular weight is 518 g/mol. The maximum Gasteiger partial charge on any atom is 0.471 e. The number of aromatic nitrogens is 6. The normalized spacial score (nSPS) is 14.1. The minimum absolute atomic E-state index is 0.166. The molecule has 0 atom stereocenters. The van der Waals surface area contributed by atoms with E-state index in [0.29, 0.717) is 35.2 Å². The van der Waals surface area contributed by atoms with Gasteiger partial charge in [0, 0.05) is 23.8 Å². The number of anilines is 2. The van der Waals surface area contributed by atoms with Gasteiger partial charge in [-0.25, -0.2) is 4.98 Å². The number of alkyl halides is 3. The van der Waals surface area contributed by atoms with Gasteiger partial charge in [-0.2, -0.15) is 23.3 Å². The summed E-state index contributed by atoms with van der Waals surface area (Å²) in [4.78, 5) is 29.2. The highest BCUT2D eigenvalue weighted by Gasteiger charge is 2.38. The first-order valence-corrected chi connectivity index (χ1v) is 11.4. The van der Waals surface area contributed by atoms with E-state index >= 15 is 0 Å². The summed E-state index contributed by atoms with van der Waals surface area (Å²) in [6.07, 6.45) is 1.95. The molecule has 0 saturated carbocycles. The van der Waals surface area contributed by atoms with Crippen LogP contribution in [0.15, 0.2) is 47.5 Å². The number of ether oxygens (including phenoxy) is 1. The van der Waals surface area contributed by atoms with E-state index in [2.05, 4.69) is 34.8 Å². The maximum atomic E-state index is 12.9. The lowest BCUT2D eigenvalue weighted by Gasteiger charge is -2.27. The molecule has 0 radical (unpaired) electrons. The Labute approximate surface area is 205 Å². The van der Waals surface area contributed by atoms with E-state index in [-0.39, 0.29) is 25.0 Å². The van der Waals surface area contributed by atoms with Crippen molar-refractivity contribution >= 4 is 28.9 Å². The van der Waals surface area contributed by atoms with Crippen LogP contribution in [0.5, 0.6) is 0 Å². The molecule has 36 heavy (non-hydrogen) atoms. The summed E-state index contributed by atoms with van der Waals surface area (Å²) in [5.41, 5.74) is 0.331. The zero-order chi connectivity index (χ0) is 25.1. The second-order valence-electron chi connectivity index (χ2n) is 7.60. The summed E-state index contributed by atoms with van der Waals surface area (Å²) in [6, 6.07) is 4.92. The number of hydrogen-bond acceptors (Lipinski definition) is 11. The van der Waals surface area contributed by atoms with Gasteiger partial charge in [0.1, 0.15) is 6.73 Å². The zero-order valence-corrected chi connectivity index (χ0v) is 19.2. The Bertz CT molecular complexity index is 1340. The van der Waals surface area contributed by atoms with E-state index in [9.17, 15) is 18.0 Å². The molecule has 4 aromatic heterocycles. The molecule has 5 rings (SSSR count). The van der Waals surface area contributed by atoms with Crippen LogP contribution in [-0.4, -0.2) is 61.0 Å². The molecule has 0 aliphatic carbocycles. The van der Waals surface area contributed by atoms with Crippen LogP contribution < -0.4 is 4.90 Å². The molecule has 15 heteroatoms. The highest BCUT2D eigenvalue weighted by molar-refractivity contribution is 7.15. The van der Waals surface area contributed by atoms with E-state index < -0.39 is 12.1 Å². The SMILES string of the molecule is O=C(c1cnnc(N(Cc2ccc(-c3noc(C(F)(F)F)n3)s2)c2cnccn2)c1)N1CCCOC1. The number of carbonyl (C=O) groups excluding carboxylic acids is 1.